The Morgan fingerprint density at radius 3 is 2.47 bits per heavy atom. The van der Waals surface area contributed by atoms with Crippen LogP contribution in [0.3, 0.4) is 0 Å². The third-order valence-electron chi connectivity index (χ3n) is 3.09. The van der Waals surface area contributed by atoms with E-state index >= 15 is 0 Å². The topological polar surface area (TPSA) is 41.1 Å². The fourth-order valence-electron chi connectivity index (χ4n) is 2.21. The average molecular weight is 264 g/mol. The number of anilines is 1. The Hall–Kier alpha value is -1.16. The van der Waals surface area contributed by atoms with E-state index in [0.29, 0.717) is 12.0 Å². The van der Waals surface area contributed by atoms with E-state index in [9.17, 15) is 0 Å². The highest BCUT2D eigenvalue weighted by Gasteiger charge is 2.19. The minimum atomic E-state index is 0.472. The number of hydrogen-bond donors (Lipinski definition) is 1. The molecule has 1 atom stereocenters. The zero-order valence-corrected chi connectivity index (χ0v) is 13.0. The van der Waals surface area contributed by atoms with Crippen molar-refractivity contribution in [1.29, 1.82) is 0 Å². The van der Waals surface area contributed by atoms with Gasteiger partial charge in [-0.05, 0) is 24.8 Å². The summed E-state index contributed by atoms with van der Waals surface area (Å²) in [5.74, 6) is 1.52. The van der Waals surface area contributed by atoms with Gasteiger partial charge in [0.1, 0.15) is 0 Å². The van der Waals surface area contributed by atoms with Gasteiger partial charge in [0, 0.05) is 38.1 Å². The molecule has 4 heteroatoms. The molecule has 1 aliphatic heterocycles. The van der Waals surface area contributed by atoms with E-state index in [1.54, 1.807) is 0 Å². The summed E-state index contributed by atoms with van der Waals surface area (Å²) in [5, 5.41) is 3.37. The Morgan fingerprint density at radius 2 is 1.95 bits per heavy atom. The SMILES string of the molecule is CC.CC(C)Cc1cnc(N2CCNCC2C)nc1. The molecule has 2 rings (SSSR count). The Kier molecular flexibility index (Phi) is 6.78. The summed E-state index contributed by atoms with van der Waals surface area (Å²) in [6, 6.07) is 0.472. The fraction of sp³-hybridized carbons (Fsp3) is 0.733. The second-order valence-corrected chi connectivity index (χ2v) is 5.24. The maximum absolute atomic E-state index is 4.49. The van der Waals surface area contributed by atoms with Gasteiger partial charge in [0.05, 0.1) is 0 Å². The highest BCUT2D eigenvalue weighted by molar-refractivity contribution is 5.32. The smallest absolute Gasteiger partial charge is 0.225 e. The van der Waals surface area contributed by atoms with Gasteiger partial charge in [-0.3, -0.25) is 0 Å². The average Bonchev–Trinajstić information content (AvgIpc) is 2.42. The van der Waals surface area contributed by atoms with Crippen LogP contribution in [0.2, 0.25) is 0 Å². The second kappa shape index (κ2) is 8.10. The van der Waals surface area contributed by atoms with Crippen molar-refractivity contribution in [3.8, 4) is 0 Å². The zero-order chi connectivity index (χ0) is 14.3. The number of nitrogens with one attached hydrogen (secondary N) is 1. The van der Waals surface area contributed by atoms with Crippen molar-refractivity contribution in [2.45, 2.75) is 47.1 Å². The molecule has 1 unspecified atom stereocenters. The summed E-state index contributed by atoms with van der Waals surface area (Å²) in [4.78, 5) is 11.3. The van der Waals surface area contributed by atoms with E-state index in [-0.39, 0.29) is 0 Å². The van der Waals surface area contributed by atoms with E-state index in [0.717, 1.165) is 32.0 Å². The van der Waals surface area contributed by atoms with Crippen LogP contribution in [-0.4, -0.2) is 35.6 Å². The normalized spacial score (nSPS) is 19.1. The van der Waals surface area contributed by atoms with Crippen LogP contribution >= 0.6 is 0 Å². The van der Waals surface area contributed by atoms with Gasteiger partial charge in [0.15, 0.2) is 0 Å². The van der Waals surface area contributed by atoms with E-state index in [1.165, 1.54) is 5.56 Å². The van der Waals surface area contributed by atoms with Crippen molar-refractivity contribution >= 4 is 5.95 Å². The van der Waals surface area contributed by atoms with Crippen molar-refractivity contribution in [2.75, 3.05) is 24.5 Å². The van der Waals surface area contributed by atoms with Gasteiger partial charge in [-0.1, -0.05) is 27.7 Å². The van der Waals surface area contributed by atoms with Gasteiger partial charge < -0.3 is 10.2 Å². The lowest BCUT2D eigenvalue weighted by atomic mass is 10.1. The van der Waals surface area contributed by atoms with Crippen LogP contribution in [0.4, 0.5) is 5.95 Å². The molecule has 1 saturated heterocycles. The highest BCUT2D eigenvalue weighted by atomic mass is 15.3. The largest absolute Gasteiger partial charge is 0.336 e. The summed E-state index contributed by atoms with van der Waals surface area (Å²) in [6.45, 7) is 13.7. The van der Waals surface area contributed by atoms with Gasteiger partial charge in [0.2, 0.25) is 5.95 Å². The molecule has 0 spiro atoms. The molecule has 4 nitrogen and oxygen atoms in total. The Morgan fingerprint density at radius 1 is 1.32 bits per heavy atom. The van der Waals surface area contributed by atoms with E-state index in [1.807, 2.05) is 26.2 Å². The summed E-state index contributed by atoms with van der Waals surface area (Å²) < 4.78 is 0. The summed E-state index contributed by atoms with van der Waals surface area (Å²) in [5.41, 5.74) is 1.23. The molecule has 0 amide bonds. The summed E-state index contributed by atoms with van der Waals surface area (Å²) in [7, 11) is 0. The van der Waals surface area contributed by atoms with E-state index in [2.05, 4.69) is 41.0 Å². The maximum Gasteiger partial charge on any atom is 0.225 e. The van der Waals surface area contributed by atoms with E-state index in [4.69, 9.17) is 0 Å². The zero-order valence-electron chi connectivity index (χ0n) is 13.0. The summed E-state index contributed by atoms with van der Waals surface area (Å²) >= 11 is 0. The van der Waals surface area contributed by atoms with E-state index < -0.39 is 0 Å². The standard InChI is InChI=1S/C13H22N4.C2H6/c1-10(2)6-12-8-15-13(16-9-12)17-5-4-14-7-11(17)3;1-2/h8-11,14H,4-7H2,1-3H3;1-2H3. The van der Waals surface area contributed by atoms with Crippen LogP contribution in [-0.2, 0) is 6.42 Å². The number of rotatable bonds is 3. The first-order chi connectivity index (χ1) is 9.16. The number of nitrogens with zero attached hydrogens (tertiary/aromatic N) is 3. The number of piperazine rings is 1. The van der Waals surface area contributed by atoms with Crippen LogP contribution in [0.5, 0.6) is 0 Å². The molecule has 1 aliphatic rings. The molecule has 0 saturated carbocycles. The number of hydrogen-bond acceptors (Lipinski definition) is 4. The molecule has 19 heavy (non-hydrogen) atoms. The minimum Gasteiger partial charge on any atom is -0.336 e. The molecule has 0 radical (unpaired) electrons. The molecule has 1 aromatic rings. The van der Waals surface area contributed by atoms with Crippen LogP contribution in [0.15, 0.2) is 12.4 Å². The monoisotopic (exact) mass is 264 g/mol. The molecule has 108 valence electrons. The van der Waals surface area contributed by atoms with Gasteiger partial charge in [-0.15, -0.1) is 0 Å². The molecule has 0 bridgehead atoms. The first-order valence-electron chi connectivity index (χ1n) is 7.45. The quantitative estimate of drug-likeness (QED) is 0.910. The number of aromatic nitrogens is 2. The molecular formula is C15H28N4. The summed E-state index contributed by atoms with van der Waals surface area (Å²) in [6.07, 6.45) is 4.99. The van der Waals surface area contributed by atoms with Crippen molar-refractivity contribution < 1.29 is 0 Å². The molecular weight excluding hydrogens is 236 g/mol. The lowest BCUT2D eigenvalue weighted by molar-refractivity contribution is 0.492. The van der Waals surface area contributed by atoms with Crippen LogP contribution in [0.25, 0.3) is 0 Å². The minimum absolute atomic E-state index is 0.472. The van der Waals surface area contributed by atoms with Gasteiger partial charge in [0.25, 0.3) is 0 Å². The molecule has 0 aliphatic carbocycles. The van der Waals surface area contributed by atoms with Gasteiger partial charge in [-0.25, -0.2) is 9.97 Å². The lowest BCUT2D eigenvalue weighted by Crippen LogP contribution is -2.50. The Balaban J connectivity index is 0.000000861. The first kappa shape index (κ1) is 15.9. The fourth-order valence-corrected chi connectivity index (χ4v) is 2.21. The van der Waals surface area contributed by atoms with Crippen molar-refractivity contribution in [3.63, 3.8) is 0 Å². The van der Waals surface area contributed by atoms with Gasteiger partial charge >= 0.3 is 0 Å². The highest BCUT2D eigenvalue weighted by Crippen LogP contribution is 2.13. The van der Waals surface area contributed by atoms with Crippen LogP contribution < -0.4 is 10.2 Å². The Bertz CT molecular complexity index is 348. The van der Waals surface area contributed by atoms with Crippen molar-refractivity contribution in [1.82, 2.24) is 15.3 Å². The lowest BCUT2D eigenvalue weighted by Gasteiger charge is -2.33. The first-order valence-corrected chi connectivity index (χ1v) is 7.45. The second-order valence-electron chi connectivity index (χ2n) is 5.24. The third-order valence-corrected chi connectivity index (χ3v) is 3.09. The molecule has 1 N–H and O–H groups in total. The Labute approximate surface area is 117 Å². The predicted molar refractivity (Wildman–Crippen MR) is 81.6 cm³/mol. The van der Waals surface area contributed by atoms with Crippen LogP contribution in [0, 0.1) is 5.92 Å². The van der Waals surface area contributed by atoms with Gasteiger partial charge in [-0.2, -0.15) is 0 Å². The maximum atomic E-state index is 4.49. The predicted octanol–water partition coefficient (Wildman–Crippen LogP) is 2.50. The molecule has 2 heterocycles. The van der Waals surface area contributed by atoms with Crippen molar-refractivity contribution in [2.24, 2.45) is 5.92 Å². The molecule has 0 aromatic carbocycles. The molecule has 1 fully saturated rings. The third kappa shape index (κ3) is 4.78. The van der Waals surface area contributed by atoms with Crippen LogP contribution in [0.1, 0.15) is 40.2 Å². The van der Waals surface area contributed by atoms with Crippen molar-refractivity contribution in [3.05, 3.63) is 18.0 Å². The molecule has 1 aromatic heterocycles.